The maximum absolute atomic E-state index is 8.84. The Hall–Kier alpha value is -0.120. The number of unbranched alkanes of at least 4 members (excludes halogenated alkanes) is 1. The summed E-state index contributed by atoms with van der Waals surface area (Å²) in [6.07, 6.45) is 4.99. The van der Waals surface area contributed by atoms with Gasteiger partial charge in [0.25, 0.3) is 0 Å². The normalized spacial score (nSPS) is 16.8. The van der Waals surface area contributed by atoms with Gasteiger partial charge in [-0.3, -0.25) is 0 Å². The first-order valence-electron chi connectivity index (χ1n) is 6.98. The lowest BCUT2D eigenvalue weighted by Gasteiger charge is -2.20. The van der Waals surface area contributed by atoms with Crippen molar-refractivity contribution in [3.8, 4) is 0 Å². The second kappa shape index (κ2) is 11.0. The minimum Gasteiger partial charge on any atom is -0.394 e. The van der Waals surface area contributed by atoms with Gasteiger partial charge in [0.2, 0.25) is 0 Å². The quantitative estimate of drug-likeness (QED) is 0.609. The number of rotatable bonds is 11. The van der Waals surface area contributed by atoms with Crippen molar-refractivity contribution in [3.05, 3.63) is 0 Å². The molecule has 3 heteroatoms. The topological polar surface area (TPSA) is 38.7 Å². The van der Waals surface area contributed by atoms with E-state index in [0.29, 0.717) is 12.5 Å². The molecular formula is C14H30O3. The van der Waals surface area contributed by atoms with E-state index in [9.17, 15) is 0 Å². The molecule has 0 spiro atoms. The molecule has 3 atom stereocenters. The smallest absolute Gasteiger partial charge is 0.0780 e. The van der Waals surface area contributed by atoms with E-state index >= 15 is 0 Å². The van der Waals surface area contributed by atoms with E-state index in [1.165, 1.54) is 25.7 Å². The molecule has 0 saturated carbocycles. The van der Waals surface area contributed by atoms with Gasteiger partial charge in [0.1, 0.15) is 0 Å². The predicted molar refractivity (Wildman–Crippen MR) is 71.2 cm³/mol. The zero-order chi connectivity index (χ0) is 13.1. The molecule has 0 aromatic carbocycles. The van der Waals surface area contributed by atoms with Gasteiger partial charge in [0.15, 0.2) is 0 Å². The summed E-state index contributed by atoms with van der Waals surface area (Å²) in [6.45, 7) is 9.79. The lowest BCUT2D eigenvalue weighted by atomic mass is 10.0. The van der Waals surface area contributed by atoms with Crippen molar-refractivity contribution in [2.24, 2.45) is 5.92 Å². The summed E-state index contributed by atoms with van der Waals surface area (Å²) in [5.74, 6) is 0.674. The van der Waals surface area contributed by atoms with Crippen LogP contribution >= 0.6 is 0 Å². The zero-order valence-corrected chi connectivity index (χ0v) is 11.9. The van der Waals surface area contributed by atoms with Gasteiger partial charge in [-0.05, 0) is 26.2 Å². The first kappa shape index (κ1) is 16.9. The van der Waals surface area contributed by atoms with Crippen LogP contribution in [0.15, 0.2) is 0 Å². The van der Waals surface area contributed by atoms with Crippen molar-refractivity contribution in [1.29, 1.82) is 0 Å². The minimum atomic E-state index is -0.0943. The van der Waals surface area contributed by atoms with E-state index in [1.54, 1.807) is 0 Å². The van der Waals surface area contributed by atoms with E-state index in [0.717, 1.165) is 6.61 Å². The largest absolute Gasteiger partial charge is 0.394 e. The van der Waals surface area contributed by atoms with Crippen molar-refractivity contribution in [2.75, 3.05) is 19.8 Å². The molecule has 0 rings (SSSR count). The minimum absolute atomic E-state index is 0.0702. The monoisotopic (exact) mass is 246 g/mol. The van der Waals surface area contributed by atoms with Gasteiger partial charge in [-0.15, -0.1) is 0 Å². The van der Waals surface area contributed by atoms with Gasteiger partial charge in [0.05, 0.1) is 25.4 Å². The average molecular weight is 246 g/mol. The first-order chi connectivity index (χ1) is 8.13. The predicted octanol–water partition coefficient (Wildman–Crippen LogP) is 3.01. The van der Waals surface area contributed by atoms with Crippen LogP contribution in [-0.2, 0) is 9.47 Å². The van der Waals surface area contributed by atoms with E-state index in [4.69, 9.17) is 14.6 Å². The molecule has 0 aliphatic rings. The molecule has 0 amide bonds. The Labute approximate surface area is 107 Å². The number of aliphatic hydroxyl groups excluding tert-OH is 1. The maximum Gasteiger partial charge on any atom is 0.0780 e. The number of aliphatic hydroxyl groups is 1. The van der Waals surface area contributed by atoms with Gasteiger partial charge >= 0.3 is 0 Å². The van der Waals surface area contributed by atoms with Gasteiger partial charge < -0.3 is 14.6 Å². The molecule has 0 fully saturated rings. The summed E-state index contributed by atoms with van der Waals surface area (Å²) in [7, 11) is 0. The second-order valence-electron chi connectivity index (χ2n) is 4.89. The van der Waals surface area contributed by atoms with Gasteiger partial charge in [-0.2, -0.15) is 0 Å². The Balaban J connectivity index is 3.61. The van der Waals surface area contributed by atoms with Crippen LogP contribution in [0.5, 0.6) is 0 Å². The highest BCUT2D eigenvalue weighted by molar-refractivity contribution is 4.58. The van der Waals surface area contributed by atoms with Crippen LogP contribution in [0.4, 0.5) is 0 Å². The molecule has 3 nitrogen and oxygen atoms in total. The molecule has 0 aliphatic carbocycles. The van der Waals surface area contributed by atoms with Gasteiger partial charge in [0, 0.05) is 6.61 Å². The standard InChI is InChI=1S/C14H30O3/c1-5-7-8-14(6-2)11-17-13(4)10-16-12(3)9-15/h12-15H,5-11H2,1-4H3. The molecule has 104 valence electrons. The fourth-order valence-electron chi connectivity index (χ4n) is 1.60. The fourth-order valence-corrected chi connectivity index (χ4v) is 1.60. The first-order valence-corrected chi connectivity index (χ1v) is 6.98. The van der Waals surface area contributed by atoms with Crippen molar-refractivity contribution in [2.45, 2.75) is 65.6 Å². The highest BCUT2D eigenvalue weighted by Crippen LogP contribution is 2.13. The van der Waals surface area contributed by atoms with Crippen molar-refractivity contribution < 1.29 is 14.6 Å². The average Bonchev–Trinajstić information content (AvgIpc) is 2.36. The third-order valence-electron chi connectivity index (χ3n) is 3.03. The Kier molecular flexibility index (Phi) is 10.9. The molecule has 0 aromatic rings. The van der Waals surface area contributed by atoms with Crippen molar-refractivity contribution in [3.63, 3.8) is 0 Å². The summed E-state index contributed by atoms with van der Waals surface area (Å²) in [5.41, 5.74) is 0. The number of ether oxygens (including phenoxy) is 2. The molecule has 0 aliphatic heterocycles. The van der Waals surface area contributed by atoms with Crippen molar-refractivity contribution >= 4 is 0 Å². The van der Waals surface area contributed by atoms with E-state index in [2.05, 4.69) is 13.8 Å². The van der Waals surface area contributed by atoms with Crippen LogP contribution in [0.25, 0.3) is 0 Å². The lowest BCUT2D eigenvalue weighted by Crippen LogP contribution is -2.24. The molecule has 3 unspecified atom stereocenters. The van der Waals surface area contributed by atoms with Crippen LogP contribution in [-0.4, -0.2) is 37.1 Å². The van der Waals surface area contributed by atoms with Crippen LogP contribution in [0, 0.1) is 5.92 Å². The van der Waals surface area contributed by atoms with E-state index in [1.807, 2.05) is 13.8 Å². The van der Waals surface area contributed by atoms with Gasteiger partial charge in [-0.1, -0.05) is 33.1 Å². The molecule has 0 radical (unpaired) electrons. The Morgan fingerprint density at radius 2 is 1.65 bits per heavy atom. The molecule has 0 bridgehead atoms. The summed E-state index contributed by atoms with van der Waals surface area (Å²) >= 11 is 0. The van der Waals surface area contributed by atoms with Crippen molar-refractivity contribution in [1.82, 2.24) is 0 Å². The molecule has 0 heterocycles. The molecule has 17 heavy (non-hydrogen) atoms. The summed E-state index contributed by atoms with van der Waals surface area (Å²) in [4.78, 5) is 0. The Bertz CT molecular complexity index is 162. The van der Waals surface area contributed by atoms with E-state index in [-0.39, 0.29) is 18.8 Å². The van der Waals surface area contributed by atoms with Crippen LogP contribution in [0.1, 0.15) is 53.4 Å². The Morgan fingerprint density at radius 3 is 2.18 bits per heavy atom. The van der Waals surface area contributed by atoms with Crippen LogP contribution in [0.2, 0.25) is 0 Å². The second-order valence-corrected chi connectivity index (χ2v) is 4.89. The van der Waals surface area contributed by atoms with Crippen LogP contribution in [0.3, 0.4) is 0 Å². The molecule has 0 aromatic heterocycles. The van der Waals surface area contributed by atoms with Crippen LogP contribution < -0.4 is 0 Å². The maximum atomic E-state index is 8.84. The van der Waals surface area contributed by atoms with Gasteiger partial charge in [-0.25, -0.2) is 0 Å². The molecule has 1 N–H and O–H groups in total. The number of hydrogen-bond acceptors (Lipinski definition) is 3. The highest BCUT2D eigenvalue weighted by atomic mass is 16.5. The third kappa shape index (κ3) is 9.57. The molecular weight excluding hydrogens is 216 g/mol. The SMILES string of the molecule is CCCCC(CC)COC(C)COC(C)CO. The fraction of sp³-hybridized carbons (Fsp3) is 1.00. The molecule has 0 saturated heterocycles. The summed E-state index contributed by atoms with van der Waals surface area (Å²) < 4.78 is 11.2. The lowest BCUT2D eigenvalue weighted by molar-refractivity contribution is -0.0537. The highest BCUT2D eigenvalue weighted by Gasteiger charge is 2.10. The third-order valence-corrected chi connectivity index (χ3v) is 3.03. The summed E-state index contributed by atoms with van der Waals surface area (Å²) in [6, 6.07) is 0. The van der Waals surface area contributed by atoms with E-state index < -0.39 is 0 Å². The Morgan fingerprint density at radius 1 is 1.00 bits per heavy atom. The number of hydrogen-bond donors (Lipinski definition) is 1. The zero-order valence-electron chi connectivity index (χ0n) is 11.9. The summed E-state index contributed by atoms with van der Waals surface area (Å²) in [5, 5.41) is 8.84.